The Morgan fingerprint density at radius 1 is 1.32 bits per heavy atom. The Hall–Kier alpha value is -2.10. The molecule has 0 aliphatic heterocycles. The van der Waals surface area contributed by atoms with Gasteiger partial charge in [0.2, 0.25) is 0 Å². The summed E-state index contributed by atoms with van der Waals surface area (Å²) in [5.41, 5.74) is 9.10. The quantitative estimate of drug-likeness (QED) is 0.764. The molecule has 0 saturated heterocycles. The highest BCUT2D eigenvalue weighted by Gasteiger charge is 2.12. The second-order valence-electron chi connectivity index (χ2n) is 5.47. The molecule has 3 aromatic rings. The van der Waals surface area contributed by atoms with Crippen LogP contribution in [0.1, 0.15) is 19.4 Å². The van der Waals surface area contributed by atoms with Crippen molar-refractivity contribution in [3.63, 3.8) is 0 Å². The Bertz CT molecular complexity index is 756. The molecule has 0 spiro atoms. The highest BCUT2D eigenvalue weighted by molar-refractivity contribution is 5.97. The molecule has 0 radical (unpaired) electrons. The minimum Gasteiger partial charge on any atom is -0.382 e. The van der Waals surface area contributed by atoms with Crippen LogP contribution in [0, 0.1) is 12.8 Å². The van der Waals surface area contributed by atoms with E-state index in [1.54, 1.807) is 0 Å². The average Bonchev–Trinajstić information content (AvgIpc) is 2.64. The average molecular weight is 254 g/mol. The number of para-hydroxylation sites is 1. The molecule has 0 fully saturated rings. The second kappa shape index (κ2) is 4.23. The van der Waals surface area contributed by atoms with E-state index in [-0.39, 0.29) is 0 Å². The van der Waals surface area contributed by atoms with E-state index in [0.717, 1.165) is 28.5 Å². The van der Waals surface area contributed by atoms with Crippen LogP contribution >= 0.6 is 0 Å². The summed E-state index contributed by atoms with van der Waals surface area (Å²) in [6.07, 6.45) is 0. The summed E-state index contributed by atoms with van der Waals surface area (Å²) in [6.45, 7) is 7.23. The SMILES string of the molecule is Cc1cccc2cc3c(N)nn(CC(C)C)c3nc12. The molecule has 0 amide bonds. The van der Waals surface area contributed by atoms with Crippen LogP contribution in [-0.4, -0.2) is 14.8 Å². The number of hydrogen-bond acceptors (Lipinski definition) is 3. The maximum absolute atomic E-state index is 6.01. The number of benzene rings is 1. The lowest BCUT2D eigenvalue weighted by atomic mass is 10.1. The molecule has 0 aliphatic rings. The largest absolute Gasteiger partial charge is 0.382 e. The normalized spacial score (nSPS) is 11.8. The monoisotopic (exact) mass is 254 g/mol. The van der Waals surface area contributed by atoms with E-state index in [9.17, 15) is 0 Å². The van der Waals surface area contributed by atoms with Crippen molar-refractivity contribution in [1.29, 1.82) is 0 Å². The lowest BCUT2D eigenvalue weighted by molar-refractivity contribution is 0.494. The van der Waals surface area contributed by atoms with Crippen molar-refractivity contribution in [2.24, 2.45) is 5.92 Å². The van der Waals surface area contributed by atoms with Gasteiger partial charge in [-0.15, -0.1) is 0 Å². The summed E-state index contributed by atoms with van der Waals surface area (Å²) in [5.74, 6) is 1.07. The fraction of sp³-hybridized carbons (Fsp3) is 0.333. The molecule has 0 unspecified atom stereocenters. The Morgan fingerprint density at radius 3 is 2.84 bits per heavy atom. The zero-order valence-corrected chi connectivity index (χ0v) is 11.5. The number of fused-ring (bicyclic) bond motifs is 2. The molecule has 2 N–H and O–H groups in total. The number of pyridine rings is 1. The van der Waals surface area contributed by atoms with Gasteiger partial charge < -0.3 is 5.73 Å². The van der Waals surface area contributed by atoms with Crippen molar-refractivity contribution in [3.8, 4) is 0 Å². The molecule has 0 aliphatic carbocycles. The fourth-order valence-electron chi connectivity index (χ4n) is 2.43. The van der Waals surface area contributed by atoms with Gasteiger partial charge in [-0.3, -0.25) is 0 Å². The highest BCUT2D eigenvalue weighted by Crippen LogP contribution is 2.26. The number of anilines is 1. The Balaban J connectivity index is 2.34. The molecule has 4 heteroatoms. The summed E-state index contributed by atoms with van der Waals surface area (Å²) in [6, 6.07) is 8.27. The van der Waals surface area contributed by atoms with Gasteiger partial charge in [-0.2, -0.15) is 5.10 Å². The van der Waals surface area contributed by atoms with Crippen molar-refractivity contribution < 1.29 is 0 Å². The number of rotatable bonds is 2. The summed E-state index contributed by atoms with van der Waals surface area (Å²) in [4.78, 5) is 4.77. The third-order valence-electron chi connectivity index (χ3n) is 3.31. The summed E-state index contributed by atoms with van der Waals surface area (Å²) in [5, 5.41) is 6.47. The summed E-state index contributed by atoms with van der Waals surface area (Å²) >= 11 is 0. The van der Waals surface area contributed by atoms with E-state index in [2.05, 4.69) is 44.1 Å². The lowest BCUT2D eigenvalue weighted by Gasteiger charge is -2.06. The van der Waals surface area contributed by atoms with E-state index in [4.69, 9.17) is 10.7 Å². The fourth-order valence-corrected chi connectivity index (χ4v) is 2.43. The van der Waals surface area contributed by atoms with E-state index < -0.39 is 0 Å². The van der Waals surface area contributed by atoms with Crippen LogP contribution in [0.5, 0.6) is 0 Å². The zero-order valence-electron chi connectivity index (χ0n) is 11.5. The molecule has 98 valence electrons. The molecular weight excluding hydrogens is 236 g/mol. The first-order valence-corrected chi connectivity index (χ1v) is 6.58. The number of aryl methyl sites for hydroxylation is 1. The second-order valence-corrected chi connectivity index (χ2v) is 5.47. The Labute approximate surface area is 112 Å². The van der Waals surface area contributed by atoms with Crippen molar-refractivity contribution in [2.45, 2.75) is 27.3 Å². The predicted octanol–water partition coefficient (Wildman–Crippen LogP) is 3.13. The van der Waals surface area contributed by atoms with Crippen LogP contribution in [0.3, 0.4) is 0 Å². The van der Waals surface area contributed by atoms with Crippen molar-refractivity contribution in [3.05, 3.63) is 29.8 Å². The number of hydrogen-bond donors (Lipinski definition) is 1. The molecule has 3 rings (SSSR count). The van der Waals surface area contributed by atoms with E-state index in [1.807, 2.05) is 10.7 Å². The third kappa shape index (κ3) is 1.93. The first kappa shape index (κ1) is 12.0. The maximum Gasteiger partial charge on any atom is 0.160 e. The molecule has 2 aromatic heterocycles. The molecule has 0 bridgehead atoms. The van der Waals surface area contributed by atoms with Crippen molar-refractivity contribution >= 4 is 27.8 Å². The maximum atomic E-state index is 6.01. The number of nitrogens with zero attached hydrogens (tertiary/aromatic N) is 3. The van der Waals surface area contributed by atoms with Gasteiger partial charge >= 0.3 is 0 Å². The van der Waals surface area contributed by atoms with Crippen LogP contribution in [0.4, 0.5) is 5.82 Å². The Morgan fingerprint density at radius 2 is 2.11 bits per heavy atom. The summed E-state index contributed by atoms with van der Waals surface area (Å²) in [7, 11) is 0. The van der Waals surface area contributed by atoms with Crippen molar-refractivity contribution in [2.75, 3.05) is 5.73 Å². The van der Waals surface area contributed by atoms with Crippen LogP contribution in [0.25, 0.3) is 21.9 Å². The number of aromatic nitrogens is 3. The molecule has 0 saturated carbocycles. The van der Waals surface area contributed by atoms with Crippen LogP contribution in [0.2, 0.25) is 0 Å². The van der Waals surface area contributed by atoms with Gasteiger partial charge in [0.15, 0.2) is 11.5 Å². The third-order valence-corrected chi connectivity index (χ3v) is 3.31. The van der Waals surface area contributed by atoms with Crippen LogP contribution in [0.15, 0.2) is 24.3 Å². The lowest BCUT2D eigenvalue weighted by Crippen LogP contribution is -2.07. The van der Waals surface area contributed by atoms with Gasteiger partial charge in [0, 0.05) is 11.9 Å². The topological polar surface area (TPSA) is 56.7 Å². The number of nitrogens with two attached hydrogens (primary N) is 1. The number of nitrogen functional groups attached to an aromatic ring is 1. The standard InChI is InChI=1S/C15H18N4/c1-9(2)8-19-15-12(14(16)18-19)7-11-6-4-5-10(3)13(11)17-15/h4-7,9H,8H2,1-3H3,(H2,16,18). The van der Waals surface area contributed by atoms with Crippen molar-refractivity contribution in [1.82, 2.24) is 14.8 Å². The molecular formula is C15H18N4. The van der Waals surface area contributed by atoms with Crippen LogP contribution < -0.4 is 5.73 Å². The first-order chi connectivity index (χ1) is 9.06. The molecule has 4 nitrogen and oxygen atoms in total. The summed E-state index contributed by atoms with van der Waals surface area (Å²) < 4.78 is 1.92. The minimum atomic E-state index is 0.511. The Kier molecular flexibility index (Phi) is 2.66. The van der Waals surface area contributed by atoms with Gasteiger partial charge in [0.1, 0.15) is 0 Å². The molecule has 0 atom stereocenters. The first-order valence-electron chi connectivity index (χ1n) is 6.58. The van der Waals surface area contributed by atoms with Crippen LogP contribution in [-0.2, 0) is 6.54 Å². The molecule has 1 aromatic carbocycles. The van der Waals surface area contributed by atoms with Gasteiger partial charge in [-0.25, -0.2) is 9.67 Å². The van der Waals surface area contributed by atoms with Gasteiger partial charge in [-0.1, -0.05) is 32.0 Å². The highest BCUT2D eigenvalue weighted by atomic mass is 15.3. The predicted molar refractivity (Wildman–Crippen MR) is 79.0 cm³/mol. The minimum absolute atomic E-state index is 0.511. The smallest absolute Gasteiger partial charge is 0.160 e. The van der Waals surface area contributed by atoms with Gasteiger partial charge in [-0.05, 0) is 24.5 Å². The molecule has 2 heterocycles. The zero-order chi connectivity index (χ0) is 13.6. The molecule has 19 heavy (non-hydrogen) atoms. The van der Waals surface area contributed by atoms with E-state index in [0.29, 0.717) is 11.7 Å². The van der Waals surface area contributed by atoms with Gasteiger partial charge in [0.25, 0.3) is 0 Å². The van der Waals surface area contributed by atoms with E-state index >= 15 is 0 Å². The van der Waals surface area contributed by atoms with Gasteiger partial charge in [0.05, 0.1) is 10.9 Å². The van der Waals surface area contributed by atoms with E-state index in [1.165, 1.54) is 5.56 Å².